The van der Waals surface area contributed by atoms with Crippen molar-refractivity contribution in [2.75, 3.05) is 13.7 Å². The van der Waals surface area contributed by atoms with Crippen molar-refractivity contribution in [3.8, 4) is 5.75 Å². The highest BCUT2D eigenvalue weighted by molar-refractivity contribution is 5.44. The summed E-state index contributed by atoms with van der Waals surface area (Å²) in [6, 6.07) is 6.26. The molecule has 0 radical (unpaired) electrons. The Hall–Kier alpha value is -1.60. The lowest BCUT2D eigenvalue weighted by molar-refractivity contribution is 0.288. The second kappa shape index (κ2) is 6.03. The first-order chi connectivity index (χ1) is 9.22. The van der Waals surface area contributed by atoms with E-state index >= 15 is 0 Å². The van der Waals surface area contributed by atoms with Crippen LogP contribution >= 0.6 is 0 Å². The topological polar surface area (TPSA) is 38.7 Å². The van der Waals surface area contributed by atoms with Crippen molar-refractivity contribution in [1.29, 1.82) is 0 Å². The van der Waals surface area contributed by atoms with Gasteiger partial charge >= 0.3 is 0 Å². The molecule has 102 valence electrons. The number of hydrogen-bond acceptors (Lipinski definition) is 3. The highest BCUT2D eigenvalue weighted by Gasteiger charge is 2.36. The molecule has 0 saturated heterocycles. The van der Waals surface area contributed by atoms with E-state index in [1.165, 1.54) is 30.4 Å². The molecule has 0 atom stereocenters. The Morgan fingerprint density at radius 2 is 2.05 bits per heavy atom. The predicted octanol–water partition coefficient (Wildman–Crippen LogP) is 3.54. The molecule has 1 aliphatic carbocycles. The molecule has 0 bridgehead atoms. The van der Waals surface area contributed by atoms with Crippen molar-refractivity contribution in [1.82, 2.24) is 0 Å². The van der Waals surface area contributed by atoms with Crippen LogP contribution in [0.25, 0.3) is 0 Å². The SMILES string of the molecule is COc1ccc(C)cc1C1(CN=C=O)CCCCC1. The summed E-state index contributed by atoms with van der Waals surface area (Å²) in [5.41, 5.74) is 2.37. The number of aliphatic imine (C=N–C) groups is 1. The van der Waals surface area contributed by atoms with Crippen molar-refractivity contribution in [2.24, 2.45) is 4.99 Å². The van der Waals surface area contributed by atoms with Crippen molar-refractivity contribution < 1.29 is 9.53 Å². The average Bonchev–Trinajstić information content (AvgIpc) is 2.46. The summed E-state index contributed by atoms with van der Waals surface area (Å²) in [4.78, 5) is 14.4. The van der Waals surface area contributed by atoms with Gasteiger partial charge in [0.1, 0.15) is 5.75 Å². The molecule has 1 saturated carbocycles. The lowest BCUT2D eigenvalue weighted by atomic mass is 9.69. The van der Waals surface area contributed by atoms with Gasteiger partial charge in [0.2, 0.25) is 6.08 Å². The van der Waals surface area contributed by atoms with E-state index in [0.717, 1.165) is 18.6 Å². The third-order valence-corrected chi connectivity index (χ3v) is 4.18. The minimum atomic E-state index is -0.0486. The maximum Gasteiger partial charge on any atom is 0.234 e. The fourth-order valence-electron chi connectivity index (χ4n) is 3.16. The van der Waals surface area contributed by atoms with Crippen molar-refractivity contribution >= 4 is 6.08 Å². The molecule has 3 heteroatoms. The smallest absolute Gasteiger partial charge is 0.234 e. The van der Waals surface area contributed by atoms with Crippen LogP contribution in [0.2, 0.25) is 0 Å². The molecule has 19 heavy (non-hydrogen) atoms. The Bertz CT molecular complexity index is 484. The molecule has 0 unspecified atom stereocenters. The van der Waals surface area contributed by atoms with E-state index in [1.54, 1.807) is 13.2 Å². The number of ether oxygens (including phenoxy) is 1. The summed E-state index contributed by atoms with van der Waals surface area (Å²) in [6.45, 7) is 2.61. The zero-order chi connectivity index (χ0) is 13.7. The van der Waals surface area contributed by atoms with E-state index < -0.39 is 0 Å². The van der Waals surface area contributed by atoms with Gasteiger partial charge in [-0.15, -0.1) is 0 Å². The molecular formula is C16H21NO2. The first kappa shape index (κ1) is 13.8. The maximum atomic E-state index is 10.5. The van der Waals surface area contributed by atoms with Gasteiger partial charge in [0.05, 0.1) is 13.7 Å². The van der Waals surface area contributed by atoms with E-state index in [-0.39, 0.29) is 5.41 Å². The van der Waals surface area contributed by atoms with Crippen molar-refractivity contribution in [3.05, 3.63) is 29.3 Å². The van der Waals surface area contributed by atoms with E-state index in [0.29, 0.717) is 6.54 Å². The van der Waals surface area contributed by atoms with E-state index in [4.69, 9.17) is 4.74 Å². The summed E-state index contributed by atoms with van der Waals surface area (Å²) in [5, 5.41) is 0. The van der Waals surface area contributed by atoms with Gasteiger partial charge in [-0.25, -0.2) is 9.79 Å². The monoisotopic (exact) mass is 259 g/mol. The zero-order valence-corrected chi connectivity index (χ0v) is 11.7. The molecule has 0 N–H and O–H groups in total. The first-order valence-electron chi connectivity index (χ1n) is 6.91. The number of isocyanates is 1. The minimum Gasteiger partial charge on any atom is -0.496 e. The fourth-order valence-corrected chi connectivity index (χ4v) is 3.16. The Labute approximate surface area is 114 Å². The summed E-state index contributed by atoms with van der Waals surface area (Å²) >= 11 is 0. The number of methoxy groups -OCH3 is 1. The Kier molecular flexibility index (Phi) is 4.39. The van der Waals surface area contributed by atoms with E-state index in [1.807, 2.05) is 6.07 Å². The zero-order valence-electron chi connectivity index (χ0n) is 11.7. The third-order valence-electron chi connectivity index (χ3n) is 4.18. The van der Waals surface area contributed by atoms with Crippen LogP contribution in [0.3, 0.4) is 0 Å². The average molecular weight is 259 g/mol. The summed E-state index contributed by atoms with van der Waals surface area (Å²) in [6.07, 6.45) is 7.47. The third kappa shape index (κ3) is 2.87. The number of hydrogen-bond donors (Lipinski definition) is 0. The number of benzene rings is 1. The highest BCUT2D eigenvalue weighted by atomic mass is 16.5. The van der Waals surface area contributed by atoms with Gasteiger partial charge < -0.3 is 4.74 Å². The summed E-state index contributed by atoms with van der Waals surface area (Å²) in [5.74, 6) is 0.911. The summed E-state index contributed by atoms with van der Waals surface area (Å²) in [7, 11) is 1.70. The highest BCUT2D eigenvalue weighted by Crippen LogP contribution is 2.43. The van der Waals surface area contributed by atoms with Crippen LogP contribution in [0.5, 0.6) is 5.75 Å². The van der Waals surface area contributed by atoms with Crippen LogP contribution in [0.1, 0.15) is 43.2 Å². The van der Waals surface area contributed by atoms with Crippen molar-refractivity contribution in [2.45, 2.75) is 44.4 Å². The standard InChI is InChI=1S/C16H21NO2/c1-13-6-7-15(19-2)14(10-13)16(11-17-12-18)8-4-3-5-9-16/h6-7,10H,3-5,8-9,11H2,1-2H3. The molecule has 0 heterocycles. The molecule has 0 amide bonds. The van der Waals surface area contributed by atoms with Gasteiger partial charge in [-0.2, -0.15) is 0 Å². The lowest BCUT2D eigenvalue weighted by Crippen LogP contribution is -2.33. The molecule has 0 spiro atoms. The molecule has 0 aromatic heterocycles. The molecule has 3 nitrogen and oxygen atoms in total. The van der Waals surface area contributed by atoms with Crippen molar-refractivity contribution in [3.63, 3.8) is 0 Å². The maximum absolute atomic E-state index is 10.5. The minimum absolute atomic E-state index is 0.0486. The number of carbonyl (C=O) groups excluding carboxylic acids is 1. The predicted molar refractivity (Wildman–Crippen MR) is 75.5 cm³/mol. The Balaban J connectivity index is 2.47. The molecule has 2 rings (SSSR count). The number of rotatable bonds is 4. The quantitative estimate of drug-likeness (QED) is 0.612. The second-order valence-electron chi connectivity index (χ2n) is 5.45. The van der Waals surface area contributed by atoms with Crippen LogP contribution in [-0.4, -0.2) is 19.7 Å². The second-order valence-corrected chi connectivity index (χ2v) is 5.45. The molecule has 1 aromatic rings. The molecular weight excluding hydrogens is 238 g/mol. The Morgan fingerprint density at radius 1 is 1.32 bits per heavy atom. The van der Waals surface area contributed by atoms with Crippen LogP contribution in [-0.2, 0) is 10.2 Å². The van der Waals surface area contributed by atoms with Crippen LogP contribution in [0.15, 0.2) is 23.2 Å². The number of aryl methyl sites for hydroxylation is 1. The van der Waals surface area contributed by atoms with E-state index in [2.05, 4.69) is 24.0 Å². The van der Waals surface area contributed by atoms with Crippen LogP contribution in [0.4, 0.5) is 0 Å². The largest absolute Gasteiger partial charge is 0.496 e. The normalized spacial score (nSPS) is 17.6. The molecule has 1 fully saturated rings. The Morgan fingerprint density at radius 3 is 2.68 bits per heavy atom. The molecule has 0 aliphatic heterocycles. The van der Waals surface area contributed by atoms with Crippen LogP contribution in [0, 0.1) is 6.92 Å². The van der Waals surface area contributed by atoms with Gasteiger partial charge in [0, 0.05) is 11.0 Å². The van der Waals surface area contributed by atoms with Gasteiger partial charge in [-0.3, -0.25) is 0 Å². The van der Waals surface area contributed by atoms with Gasteiger partial charge in [0.25, 0.3) is 0 Å². The van der Waals surface area contributed by atoms with E-state index in [9.17, 15) is 4.79 Å². The number of nitrogens with zero attached hydrogens (tertiary/aromatic N) is 1. The summed E-state index contributed by atoms with van der Waals surface area (Å²) < 4.78 is 5.52. The van der Waals surface area contributed by atoms with Gasteiger partial charge in [-0.1, -0.05) is 37.0 Å². The first-order valence-corrected chi connectivity index (χ1v) is 6.91. The molecule has 1 aliphatic rings. The van der Waals surface area contributed by atoms with Gasteiger partial charge in [-0.05, 0) is 25.8 Å². The lowest BCUT2D eigenvalue weighted by Gasteiger charge is -2.37. The fraction of sp³-hybridized carbons (Fsp3) is 0.562. The molecule has 1 aromatic carbocycles. The van der Waals surface area contributed by atoms with Gasteiger partial charge in [0.15, 0.2) is 0 Å². The van der Waals surface area contributed by atoms with Crippen LogP contribution < -0.4 is 4.74 Å².